The summed E-state index contributed by atoms with van der Waals surface area (Å²) in [5.41, 5.74) is 2.49. The minimum atomic E-state index is -0.385. The van der Waals surface area contributed by atoms with Crippen molar-refractivity contribution in [2.24, 2.45) is 11.8 Å². The number of rotatable bonds is 50. The van der Waals surface area contributed by atoms with E-state index in [0.29, 0.717) is 240 Å². The van der Waals surface area contributed by atoms with E-state index in [-0.39, 0.29) is 40.7 Å². The number of likely N-dealkylation sites (N-methyl/N-ethyl adjacent to an activating group) is 1. The maximum atomic E-state index is 12.2. The van der Waals surface area contributed by atoms with Gasteiger partial charge in [0, 0.05) is 153 Å². The zero-order valence-corrected chi connectivity index (χ0v) is 55.4. The average molecular weight is 1320 g/mol. The highest BCUT2D eigenvalue weighted by Crippen LogP contribution is 2.42. The van der Waals surface area contributed by atoms with Gasteiger partial charge < -0.3 is 63.4 Å². The molecule has 3 aromatic rings. The van der Waals surface area contributed by atoms with E-state index in [4.69, 9.17) is 42.3 Å². The zero-order chi connectivity index (χ0) is 65.4. The number of Topliss-reactive ketones (excluding diaryl/α,β-unsaturated/α-hetero) is 4. The van der Waals surface area contributed by atoms with E-state index in [2.05, 4.69) is 16.0 Å². The molecule has 0 aliphatic carbocycles. The second-order valence-corrected chi connectivity index (χ2v) is 26.1. The minimum Gasteiger partial charge on any atom is -0.507 e. The van der Waals surface area contributed by atoms with Gasteiger partial charge in [0.15, 0.2) is 0 Å². The Morgan fingerprint density at radius 3 is 1.39 bits per heavy atom. The number of ether oxygens (including phenoxy) is 8. The third-order valence-electron chi connectivity index (χ3n) is 16.5. The van der Waals surface area contributed by atoms with Gasteiger partial charge in [0.2, 0.25) is 17.7 Å². The standard InChI is InChI=1S/C35H52N2O9S.C34H47NO9S/c1-36-34(41)13-11-27-10-8-26(23-32(27)40)9-12-29(39)14-16-44-18-20-46-22-21-45-19-17-43-15-4-6-28(38)5-2-3-7-33-30-24-35(42)37-31(30)25-47-33;36-27(4-1-2-6-32-29-23-33(38)35-30(29)24-45-32)5-3-14-40-16-18-42-20-21-43-19-17-41-15-13-28(37)11-8-25-7-9-26-10-12-34(39)44-31(26)22-25/h8,10-11,13,23,30-31,33,40H,2-7,9,12,14-22,24-25H2,1H3,(H,36,41)(H,37,42);7,9-10,12,22,29-30,32H,1-6,8,11,13-21,23-24H2,(H,35,38)/b13-11+;. The molecule has 2 aromatic carbocycles. The Morgan fingerprint density at radius 2 is 0.924 bits per heavy atom. The van der Waals surface area contributed by atoms with Crippen LogP contribution in [0.3, 0.4) is 0 Å². The Labute approximate surface area is 550 Å². The van der Waals surface area contributed by atoms with Gasteiger partial charge in [-0.05, 0) is 86.8 Å². The van der Waals surface area contributed by atoms with Crippen LogP contribution in [0.25, 0.3) is 17.0 Å². The molecule has 4 aliphatic rings. The van der Waals surface area contributed by atoms with Crippen LogP contribution in [0.2, 0.25) is 0 Å². The van der Waals surface area contributed by atoms with Gasteiger partial charge in [-0.2, -0.15) is 23.5 Å². The topological polar surface area (TPSA) is 280 Å². The number of aromatic hydroxyl groups is 1. The predicted octanol–water partition coefficient (Wildman–Crippen LogP) is 7.92. The number of unbranched alkanes of at least 4 members (excludes halogenated alkanes) is 2. The smallest absolute Gasteiger partial charge is 0.336 e. The van der Waals surface area contributed by atoms with Crippen molar-refractivity contribution in [2.45, 2.75) is 151 Å². The van der Waals surface area contributed by atoms with Crippen molar-refractivity contribution in [3.05, 3.63) is 81.7 Å². The van der Waals surface area contributed by atoms with Gasteiger partial charge in [0.05, 0.1) is 92.5 Å². The van der Waals surface area contributed by atoms with Gasteiger partial charge in [-0.1, -0.05) is 37.1 Å². The van der Waals surface area contributed by atoms with Gasteiger partial charge in [-0.25, -0.2) is 4.79 Å². The number of benzene rings is 2. The summed E-state index contributed by atoms with van der Waals surface area (Å²) in [6.07, 6.45) is 16.7. The van der Waals surface area contributed by atoms with Crippen LogP contribution < -0.4 is 21.6 Å². The Morgan fingerprint density at radius 1 is 0.511 bits per heavy atom. The van der Waals surface area contributed by atoms with Crippen molar-refractivity contribution in [2.75, 3.05) is 124 Å². The molecule has 0 saturated carbocycles. The molecule has 0 bridgehead atoms. The first-order chi connectivity index (χ1) is 44.8. The van der Waals surface area contributed by atoms with Crippen LogP contribution in [0.15, 0.2) is 63.8 Å². The molecule has 7 rings (SSSR count). The molecule has 3 amide bonds. The second kappa shape index (κ2) is 45.1. The van der Waals surface area contributed by atoms with E-state index < -0.39 is 0 Å². The van der Waals surface area contributed by atoms with Crippen molar-refractivity contribution in [3.63, 3.8) is 0 Å². The maximum Gasteiger partial charge on any atom is 0.336 e. The van der Waals surface area contributed by atoms with Gasteiger partial charge in [0.1, 0.15) is 34.5 Å². The highest BCUT2D eigenvalue weighted by atomic mass is 32.2. The van der Waals surface area contributed by atoms with Gasteiger partial charge >= 0.3 is 5.63 Å². The zero-order valence-electron chi connectivity index (χ0n) is 53.8. The third-order valence-corrected chi connectivity index (χ3v) is 19.6. The molecule has 21 nitrogen and oxygen atoms in total. The molecule has 510 valence electrons. The molecular weight excluding hydrogens is 1220 g/mol. The van der Waals surface area contributed by atoms with Crippen molar-refractivity contribution in [3.8, 4) is 5.75 Å². The summed E-state index contributed by atoms with van der Waals surface area (Å²) in [4.78, 5) is 94.5. The number of hydrogen-bond donors (Lipinski definition) is 4. The van der Waals surface area contributed by atoms with E-state index in [0.717, 1.165) is 79.4 Å². The lowest BCUT2D eigenvalue weighted by Gasteiger charge is -2.15. The van der Waals surface area contributed by atoms with Crippen LogP contribution in [-0.4, -0.2) is 193 Å². The summed E-state index contributed by atoms with van der Waals surface area (Å²) in [6, 6.07) is 14.7. The van der Waals surface area contributed by atoms with Crippen LogP contribution in [0.5, 0.6) is 5.75 Å². The number of phenols is 1. The molecule has 6 unspecified atom stereocenters. The van der Waals surface area contributed by atoms with Crippen LogP contribution in [-0.2, 0) is 84.3 Å². The molecule has 5 heterocycles. The number of carbonyl (C=O) groups is 7. The molecular formula is C69H99N3O18S2. The van der Waals surface area contributed by atoms with Crippen molar-refractivity contribution < 1.29 is 81.0 Å². The number of phenolic OH excluding ortho intramolecular Hbond substituents is 1. The molecule has 23 heteroatoms. The van der Waals surface area contributed by atoms with E-state index in [1.54, 1.807) is 18.2 Å². The number of carbonyl (C=O) groups excluding carboxylic acids is 7. The van der Waals surface area contributed by atoms with Crippen LogP contribution >= 0.6 is 23.5 Å². The summed E-state index contributed by atoms with van der Waals surface area (Å²) >= 11 is 3.94. The Bertz CT molecular complexity index is 2820. The number of thioether (sulfide) groups is 2. The summed E-state index contributed by atoms with van der Waals surface area (Å²) in [7, 11) is 1.53. The lowest BCUT2D eigenvalue weighted by molar-refractivity contribution is -0.121. The van der Waals surface area contributed by atoms with E-state index in [1.165, 1.54) is 25.3 Å². The third kappa shape index (κ3) is 30.8. The number of amides is 3. The number of nitrogens with one attached hydrogen (secondary N) is 3. The van der Waals surface area contributed by atoms with Crippen molar-refractivity contribution in [1.29, 1.82) is 0 Å². The minimum absolute atomic E-state index is 0.0646. The lowest BCUT2D eigenvalue weighted by atomic mass is 9.94. The first-order valence-electron chi connectivity index (χ1n) is 33.1. The molecule has 1 aromatic heterocycles. The summed E-state index contributed by atoms with van der Waals surface area (Å²) in [5.74, 6) is 4.01. The molecule has 4 fully saturated rings. The Balaban J connectivity index is 0.000000292. The molecule has 0 radical (unpaired) electrons. The molecule has 4 N–H and O–H groups in total. The predicted molar refractivity (Wildman–Crippen MR) is 354 cm³/mol. The fourth-order valence-electron chi connectivity index (χ4n) is 11.3. The molecule has 0 spiro atoms. The van der Waals surface area contributed by atoms with E-state index in [9.17, 15) is 43.5 Å². The fraction of sp³-hybridized carbons (Fsp3) is 0.652. The summed E-state index contributed by atoms with van der Waals surface area (Å²) < 4.78 is 49.3. The Kier molecular flexibility index (Phi) is 37.1. The Hall–Kier alpha value is -5.34. The van der Waals surface area contributed by atoms with Crippen LogP contribution in [0.1, 0.15) is 132 Å². The SMILES string of the molecule is CNC(=O)/C=C/c1ccc(CCC(=O)CCOCCOCCOCCOCCCC(=O)CCCCC2SCC3NC(=O)CC32)cc1O.O=C(CCCCC1SCC2NC(=O)CC21)CCCOCCOCCOCCOCCC(=O)CCc1ccc2ccc(=O)oc2c1. The maximum absolute atomic E-state index is 12.2. The first kappa shape index (κ1) is 75.7. The van der Waals surface area contributed by atoms with Gasteiger partial charge in [0.25, 0.3) is 0 Å². The van der Waals surface area contributed by atoms with Gasteiger partial charge in [-0.3, -0.25) is 33.6 Å². The molecule has 4 saturated heterocycles. The number of aryl methyl sites for hydroxylation is 2. The quantitative estimate of drug-likeness (QED) is 0.0237. The van der Waals surface area contributed by atoms with Gasteiger partial charge in [-0.15, -0.1) is 0 Å². The van der Waals surface area contributed by atoms with E-state index >= 15 is 0 Å². The van der Waals surface area contributed by atoms with Crippen molar-refractivity contribution in [1.82, 2.24) is 16.0 Å². The van der Waals surface area contributed by atoms with Crippen molar-refractivity contribution >= 4 is 81.4 Å². The van der Waals surface area contributed by atoms with Crippen LogP contribution in [0.4, 0.5) is 0 Å². The monoisotopic (exact) mass is 1320 g/mol. The first-order valence-corrected chi connectivity index (χ1v) is 35.2. The molecule has 6 atom stereocenters. The molecule has 4 aliphatic heterocycles. The highest BCUT2D eigenvalue weighted by molar-refractivity contribution is 8.00. The summed E-state index contributed by atoms with van der Waals surface area (Å²) in [5, 5.41) is 20.7. The fourth-order valence-corrected chi connectivity index (χ4v) is 14.6. The lowest BCUT2D eigenvalue weighted by Crippen LogP contribution is -2.29. The summed E-state index contributed by atoms with van der Waals surface area (Å²) in [6.45, 7) is 7.18. The van der Waals surface area contributed by atoms with Crippen LogP contribution in [0, 0.1) is 11.8 Å². The van der Waals surface area contributed by atoms with E-state index in [1.807, 2.05) is 47.8 Å². The number of ketones is 4. The average Bonchev–Trinajstić information content (AvgIpc) is 1.69. The second-order valence-electron chi connectivity index (χ2n) is 23.5. The molecule has 92 heavy (non-hydrogen) atoms. The largest absolute Gasteiger partial charge is 0.507 e. The normalized spacial score (nSPS) is 19.0. The highest BCUT2D eigenvalue weighted by Gasteiger charge is 2.43. The number of fused-ring (bicyclic) bond motifs is 3. The number of hydrogen-bond acceptors (Lipinski definition) is 20.